The number of pyridine rings is 1. The van der Waals surface area contributed by atoms with Crippen LogP contribution in [0, 0.1) is 12.8 Å². The maximum atomic E-state index is 5.53. The van der Waals surface area contributed by atoms with Crippen molar-refractivity contribution in [3.8, 4) is 22.8 Å². The van der Waals surface area contributed by atoms with Gasteiger partial charge in [-0.25, -0.2) is 4.98 Å². The molecule has 6 heteroatoms. The molecule has 0 amide bonds. The Morgan fingerprint density at radius 2 is 1.74 bits per heavy atom. The first kappa shape index (κ1) is 28.0. The number of fused-ring (bicyclic) bond motifs is 1. The van der Waals surface area contributed by atoms with E-state index in [4.69, 9.17) is 14.5 Å². The second-order valence-electron chi connectivity index (χ2n) is 12.3. The monoisotopic (exact) mass is 532 g/mol. The molecule has 212 valence electrons. The zero-order chi connectivity index (χ0) is 27.7. The van der Waals surface area contributed by atoms with Crippen LogP contribution in [-0.4, -0.2) is 71.2 Å². The first-order valence-electron chi connectivity index (χ1n) is 15.0. The van der Waals surface area contributed by atoms with E-state index in [0.717, 1.165) is 40.4 Å². The van der Waals surface area contributed by atoms with Crippen LogP contribution in [0.5, 0.6) is 11.5 Å². The maximum absolute atomic E-state index is 5.53. The van der Waals surface area contributed by atoms with Gasteiger partial charge in [-0.2, -0.15) is 0 Å². The van der Waals surface area contributed by atoms with E-state index in [1.807, 2.05) is 12.1 Å². The van der Waals surface area contributed by atoms with Crippen LogP contribution in [0.4, 0.5) is 0 Å². The highest BCUT2D eigenvalue weighted by Gasteiger charge is 2.38. The number of hydrogen-bond acceptors (Lipinski definition) is 5. The molecule has 5 rings (SSSR count). The number of ether oxygens (including phenoxy) is 2. The Labute approximate surface area is 235 Å². The van der Waals surface area contributed by atoms with E-state index in [0.29, 0.717) is 18.0 Å². The van der Waals surface area contributed by atoms with Crippen molar-refractivity contribution >= 4 is 5.65 Å². The molecule has 4 heterocycles. The topological polar surface area (TPSA) is 42.2 Å². The minimum absolute atomic E-state index is 0.581. The van der Waals surface area contributed by atoms with Crippen LogP contribution >= 0.6 is 0 Å². The molecule has 2 fully saturated rings. The highest BCUT2D eigenvalue weighted by atomic mass is 16.5. The van der Waals surface area contributed by atoms with Gasteiger partial charge in [-0.1, -0.05) is 26.8 Å². The Balaban J connectivity index is 1.34. The van der Waals surface area contributed by atoms with Crippen LogP contribution in [0.15, 0.2) is 36.7 Å². The van der Waals surface area contributed by atoms with Crippen molar-refractivity contribution in [3.05, 3.63) is 47.8 Å². The summed E-state index contributed by atoms with van der Waals surface area (Å²) in [4.78, 5) is 10.6. The lowest BCUT2D eigenvalue weighted by molar-refractivity contribution is 0.00433. The fourth-order valence-electron chi connectivity index (χ4n) is 7.32. The summed E-state index contributed by atoms with van der Waals surface area (Å²) in [5.74, 6) is 2.79. The molecule has 39 heavy (non-hydrogen) atoms. The molecular weight excluding hydrogens is 484 g/mol. The van der Waals surface area contributed by atoms with Crippen molar-refractivity contribution in [3.63, 3.8) is 0 Å². The summed E-state index contributed by atoms with van der Waals surface area (Å²) in [6.45, 7) is 15.5. The number of aryl methyl sites for hydroxylation is 1. The number of piperidine rings is 2. The third-order valence-corrected chi connectivity index (χ3v) is 9.09. The average Bonchev–Trinajstić information content (AvgIpc) is 3.37. The molecule has 0 aliphatic carbocycles. The molecule has 6 nitrogen and oxygen atoms in total. The molecule has 2 aliphatic heterocycles. The smallest absolute Gasteiger partial charge is 0.161 e. The molecule has 2 aromatic heterocycles. The van der Waals surface area contributed by atoms with Crippen LogP contribution in [0.2, 0.25) is 0 Å². The van der Waals surface area contributed by atoms with Gasteiger partial charge in [0.1, 0.15) is 5.65 Å². The molecule has 1 aromatic carbocycles. The van der Waals surface area contributed by atoms with Gasteiger partial charge >= 0.3 is 0 Å². The Morgan fingerprint density at radius 3 is 2.41 bits per heavy atom. The fourth-order valence-corrected chi connectivity index (χ4v) is 7.32. The highest BCUT2D eigenvalue weighted by Crippen LogP contribution is 2.40. The third kappa shape index (κ3) is 5.83. The Morgan fingerprint density at radius 1 is 1.00 bits per heavy atom. The minimum Gasteiger partial charge on any atom is -0.493 e. The number of benzene rings is 1. The highest BCUT2D eigenvalue weighted by molar-refractivity contribution is 5.67. The number of aromatic nitrogens is 2. The van der Waals surface area contributed by atoms with Gasteiger partial charge in [0.05, 0.1) is 19.9 Å². The Bertz CT molecular complexity index is 1260. The third-order valence-electron chi connectivity index (χ3n) is 9.09. The Hall–Kier alpha value is -2.57. The normalized spacial score (nSPS) is 23.5. The number of nitrogens with zero attached hydrogens (tertiary/aromatic N) is 4. The molecular formula is C33H48N4O2. The molecule has 2 saturated heterocycles. The van der Waals surface area contributed by atoms with Crippen molar-refractivity contribution in [1.29, 1.82) is 0 Å². The van der Waals surface area contributed by atoms with Gasteiger partial charge in [-0.05, 0) is 100 Å². The number of methoxy groups -OCH3 is 2. The molecule has 3 atom stereocenters. The summed E-state index contributed by atoms with van der Waals surface area (Å²) < 4.78 is 13.2. The lowest BCUT2D eigenvalue weighted by atomic mass is 9.79. The van der Waals surface area contributed by atoms with E-state index in [9.17, 15) is 0 Å². The maximum Gasteiger partial charge on any atom is 0.161 e. The molecule has 0 bridgehead atoms. The molecule has 0 spiro atoms. The predicted octanol–water partition coefficient (Wildman–Crippen LogP) is 6.79. The summed E-state index contributed by atoms with van der Waals surface area (Å²) in [5.41, 5.74) is 5.70. The Kier molecular flexibility index (Phi) is 8.53. The first-order chi connectivity index (χ1) is 18.8. The number of likely N-dealkylation sites (tertiary alicyclic amines) is 2. The van der Waals surface area contributed by atoms with Gasteiger partial charge in [-0.3, -0.25) is 4.90 Å². The summed E-state index contributed by atoms with van der Waals surface area (Å²) in [7, 11) is 3.34. The lowest BCUT2D eigenvalue weighted by Crippen LogP contribution is -2.55. The van der Waals surface area contributed by atoms with Gasteiger partial charge in [0.25, 0.3) is 0 Å². The van der Waals surface area contributed by atoms with Gasteiger partial charge < -0.3 is 18.8 Å². The molecule has 3 aromatic rings. The summed E-state index contributed by atoms with van der Waals surface area (Å²) in [6, 6.07) is 10.4. The standard InChI is InChI=1S/C33H48N4O2/c1-8-28-17-26(16-24(5)37(28)29-11-13-35(14-12-29)19-22(2)3)27-15-23(4)33-34-30(21-36(33)20-27)25-9-10-31(38-6)32(18-25)39-7/h9-10,15,18,20-22,24,26,28-29H,8,11-14,16-17,19H2,1-7H3. The quantitative estimate of drug-likeness (QED) is 0.319. The van der Waals surface area contributed by atoms with E-state index in [2.05, 4.69) is 73.3 Å². The van der Waals surface area contributed by atoms with Crippen LogP contribution in [0.1, 0.15) is 76.8 Å². The molecule has 0 saturated carbocycles. The average molecular weight is 533 g/mol. The zero-order valence-corrected chi connectivity index (χ0v) is 25.1. The van der Waals surface area contributed by atoms with Crippen molar-refractivity contribution < 1.29 is 9.47 Å². The zero-order valence-electron chi connectivity index (χ0n) is 25.1. The fraction of sp³-hybridized carbons (Fsp3) is 0.606. The first-order valence-corrected chi connectivity index (χ1v) is 15.0. The van der Waals surface area contributed by atoms with Gasteiger partial charge in [0, 0.05) is 42.6 Å². The largest absolute Gasteiger partial charge is 0.493 e. The summed E-state index contributed by atoms with van der Waals surface area (Å²) in [6.07, 6.45) is 10.8. The van der Waals surface area contributed by atoms with Crippen LogP contribution in [0.25, 0.3) is 16.9 Å². The molecule has 3 unspecified atom stereocenters. The van der Waals surface area contributed by atoms with Crippen molar-refractivity contribution in [2.24, 2.45) is 5.92 Å². The number of hydrogen-bond donors (Lipinski definition) is 0. The van der Waals surface area contributed by atoms with E-state index in [1.165, 1.54) is 62.9 Å². The number of rotatable bonds is 8. The molecule has 0 N–H and O–H groups in total. The van der Waals surface area contributed by atoms with E-state index in [1.54, 1.807) is 14.2 Å². The number of imidazole rings is 1. The minimum atomic E-state index is 0.581. The van der Waals surface area contributed by atoms with E-state index >= 15 is 0 Å². The second-order valence-corrected chi connectivity index (χ2v) is 12.3. The van der Waals surface area contributed by atoms with Crippen molar-refractivity contribution in [2.75, 3.05) is 33.9 Å². The van der Waals surface area contributed by atoms with Gasteiger partial charge in [-0.15, -0.1) is 0 Å². The SMILES string of the molecule is CCC1CC(c2cc(C)c3nc(-c4ccc(OC)c(OC)c4)cn3c2)CC(C)N1C1CCN(CC(C)C)CC1. The van der Waals surface area contributed by atoms with Gasteiger partial charge in [0.2, 0.25) is 0 Å². The van der Waals surface area contributed by atoms with Crippen LogP contribution in [-0.2, 0) is 0 Å². The summed E-state index contributed by atoms with van der Waals surface area (Å²) >= 11 is 0. The van der Waals surface area contributed by atoms with E-state index < -0.39 is 0 Å². The van der Waals surface area contributed by atoms with Crippen LogP contribution < -0.4 is 9.47 Å². The molecule has 0 radical (unpaired) electrons. The summed E-state index contributed by atoms with van der Waals surface area (Å²) in [5, 5.41) is 0. The second kappa shape index (κ2) is 11.9. The predicted molar refractivity (Wildman–Crippen MR) is 160 cm³/mol. The van der Waals surface area contributed by atoms with Gasteiger partial charge in [0.15, 0.2) is 11.5 Å². The van der Waals surface area contributed by atoms with E-state index in [-0.39, 0.29) is 0 Å². The lowest BCUT2D eigenvalue weighted by Gasteiger charge is -2.50. The van der Waals surface area contributed by atoms with Crippen molar-refractivity contribution in [2.45, 2.75) is 90.8 Å². The van der Waals surface area contributed by atoms with Crippen molar-refractivity contribution in [1.82, 2.24) is 19.2 Å². The molecule has 2 aliphatic rings. The van der Waals surface area contributed by atoms with Crippen LogP contribution in [0.3, 0.4) is 0 Å².